The first-order valence-corrected chi connectivity index (χ1v) is 17.4. The fourth-order valence-electron chi connectivity index (χ4n) is 5.58. The predicted octanol–water partition coefficient (Wildman–Crippen LogP) is 5.51. The van der Waals surface area contributed by atoms with Crippen LogP contribution in [0.4, 0.5) is 0 Å². The number of pyridine rings is 2. The Morgan fingerprint density at radius 1 is 0.944 bits per heavy atom. The number of aliphatic carboxylic acids is 1. The van der Waals surface area contributed by atoms with Crippen LogP contribution < -0.4 is 49.1 Å². The van der Waals surface area contributed by atoms with Crippen LogP contribution in [0.3, 0.4) is 0 Å². The van der Waals surface area contributed by atoms with Crippen LogP contribution in [-0.4, -0.2) is 72.4 Å². The maximum atomic E-state index is 10.1. The topological polar surface area (TPSA) is 130 Å². The SMILES string of the molecule is C1CCOCC1.[CH2-]CC(C[CH2-])C(=O)O.[CH2-]c1c(OC)cc(-n2ncc3c(-c4cccc(-c5ccc(CNC)c(OC)n5)c4Cl)cccc32)nc1OC.[CH3-].[Na+]. The number of hydrogen-bond acceptors (Lipinski definition) is 9. The summed E-state index contributed by atoms with van der Waals surface area (Å²) in [7, 11) is 6.63. The molecular weight excluding hydrogens is 717 g/mol. The third-order valence-corrected chi connectivity index (χ3v) is 8.87. The number of aromatic nitrogens is 4. The Labute approximate surface area is 347 Å². The van der Waals surface area contributed by atoms with E-state index in [1.54, 1.807) is 38.3 Å². The number of ether oxygens (including phenoxy) is 4. The summed E-state index contributed by atoms with van der Waals surface area (Å²) >= 11 is 7.02. The van der Waals surface area contributed by atoms with Crippen LogP contribution in [0.25, 0.3) is 39.1 Å². The molecule has 2 N–H and O–H groups in total. The fourth-order valence-corrected chi connectivity index (χ4v) is 5.90. The Balaban J connectivity index is 0.000000532. The van der Waals surface area contributed by atoms with Gasteiger partial charge in [0.15, 0.2) is 0 Å². The summed E-state index contributed by atoms with van der Waals surface area (Å²) in [5.74, 6) is 0.902. The Morgan fingerprint density at radius 2 is 1.59 bits per heavy atom. The fraction of sp³-hybridized carbons (Fsp3) is 0.317. The molecule has 2 aromatic carbocycles. The minimum absolute atomic E-state index is 0. The molecule has 0 atom stereocenters. The average Bonchev–Trinajstić information content (AvgIpc) is 3.62. The van der Waals surface area contributed by atoms with Crippen LogP contribution in [-0.2, 0) is 16.1 Å². The summed E-state index contributed by atoms with van der Waals surface area (Å²) in [6, 6.07) is 17.6. The maximum Gasteiger partial charge on any atom is 1.00 e. The first kappa shape index (κ1) is 46.3. The molecule has 3 aromatic heterocycles. The van der Waals surface area contributed by atoms with Gasteiger partial charge in [-0.3, -0.25) is 9.78 Å². The molecule has 0 aliphatic carbocycles. The molecule has 0 bridgehead atoms. The van der Waals surface area contributed by atoms with Gasteiger partial charge < -0.3 is 50.6 Å². The second-order valence-electron chi connectivity index (χ2n) is 11.8. The maximum absolute atomic E-state index is 10.1. The van der Waals surface area contributed by atoms with E-state index < -0.39 is 5.97 Å². The van der Waals surface area contributed by atoms with Crippen molar-refractivity contribution in [3.05, 3.63) is 105 Å². The smallest absolute Gasteiger partial charge is 0.553 e. The summed E-state index contributed by atoms with van der Waals surface area (Å²) in [6.45, 7) is 13.6. The molecule has 1 aliphatic heterocycles. The number of carbonyl (C=O) groups is 1. The van der Waals surface area contributed by atoms with Gasteiger partial charge in [0.2, 0.25) is 5.88 Å². The van der Waals surface area contributed by atoms with E-state index in [1.165, 1.54) is 19.3 Å². The monoisotopic (exact) mass is 766 g/mol. The Bertz CT molecular complexity index is 1890. The van der Waals surface area contributed by atoms with Crippen LogP contribution in [0.15, 0.2) is 60.8 Å². The second kappa shape index (κ2) is 23.2. The summed E-state index contributed by atoms with van der Waals surface area (Å²) in [4.78, 5) is 19.4. The van der Waals surface area contributed by atoms with Crippen molar-refractivity contribution in [1.82, 2.24) is 25.1 Å². The van der Waals surface area contributed by atoms with Gasteiger partial charge >= 0.3 is 35.5 Å². The Hall–Kier alpha value is -3.84. The average molecular weight is 767 g/mol. The van der Waals surface area contributed by atoms with Crippen molar-refractivity contribution in [3.63, 3.8) is 0 Å². The Kier molecular flexibility index (Phi) is 19.9. The number of nitrogens with one attached hydrogen (secondary N) is 1. The molecule has 0 saturated carbocycles. The summed E-state index contributed by atoms with van der Waals surface area (Å²) in [5, 5.41) is 17.6. The molecule has 4 heterocycles. The van der Waals surface area contributed by atoms with E-state index in [2.05, 4.69) is 36.2 Å². The number of hydrogen-bond donors (Lipinski definition) is 2. The van der Waals surface area contributed by atoms with Crippen molar-refractivity contribution >= 4 is 28.5 Å². The van der Waals surface area contributed by atoms with Gasteiger partial charge in [0.05, 0.1) is 43.8 Å². The van der Waals surface area contributed by atoms with Crippen molar-refractivity contribution in [1.29, 1.82) is 0 Å². The quantitative estimate of drug-likeness (QED) is 0.131. The van der Waals surface area contributed by atoms with E-state index in [4.69, 9.17) is 40.6 Å². The molecular formula is C41H50ClN5NaO6-3. The molecule has 11 nitrogen and oxygen atoms in total. The van der Waals surface area contributed by atoms with E-state index in [0.29, 0.717) is 53.3 Å². The van der Waals surface area contributed by atoms with E-state index in [9.17, 15) is 4.79 Å². The van der Waals surface area contributed by atoms with Gasteiger partial charge in [-0.15, -0.1) is 0 Å². The van der Waals surface area contributed by atoms with Crippen LogP contribution >= 0.6 is 11.6 Å². The van der Waals surface area contributed by atoms with Gasteiger partial charge in [-0.2, -0.15) is 24.9 Å². The molecule has 1 aliphatic rings. The standard InChI is InChI=1S/C29H27ClN5O3.C6H10O2.C5H10O.CH3.Na/c1-17-25(36-3)14-26(34-28(17)37-4)35-24-11-7-8-19(22(24)16-32-35)20-9-6-10-21(27(20)30)23-13-12-18(15-31-2)29(33-23)38-5;1-3-5(4-2)6(7)8;1-2-4-6-5-3-1;;/h6-14,16,31H,1,15H2,2-5H3;5H,1-4H2,(H,7,8);1-5H2;1H3;/q-1;-2;;-1;+1. The van der Waals surface area contributed by atoms with Gasteiger partial charge in [0, 0.05) is 53.5 Å². The first-order chi connectivity index (χ1) is 25.2. The molecule has 5 aromatic rings. The van der Waals surface area contributed by atoms with Crippen molar-refractivity contribution in [2.45, 2.75) is 38.6 Å². The third-order valence-electron chi connectivity index (χ3n) is 8.46. The van der Waals surface area contributed by atoms with Crippen molar-refractivity contribution in [2.75, 3.05) is 41.6 Å². The first-order valence-electron chi connectivity index (χ1n) is 17.0. The van der Waals surface area contributed by atoms with Gasteiger partial charge in [0.25, 0.3) is 0 Å². The van der Waals surface area contributed by atoms with Crippen LogP contribution in [0.1, 0.15) is 43.2 Å². The summed E-state index contributed by atoms with van der Waals surface area (Å²) in [5.41, 5.74) is 5.74. The van der Waals surface area contributed by atoms with Gasteiger partial charge in [-0.05, 0) is 50.1 Å². The molecule has 0 spiro atoms. The largest absolute Gasteiger partial charge is 1.00 e. The molecule has 286 valence electrons. The number of nitrogens with zero attached hydrogens (tertiary/aromatic N) is 4. The number of rotatable bonds is 11. The second-order valence-corrected chi connectivity index (χ2v) is 12.2. The summed E-state index contributed by atoms with van der Waals surface area (Å²) < 4.78 is 23.2. The number of methoxy groups -OCH3 is 3. The normalized spacial score (nSPS) is 11.9. The van der Waals surface area contributed by atoms with Crippen molar-refractivity contribution < 1.29 is 58.4 Å². The number of halogens is 1. The van der Waals surface area contributed by atoms with Crippen LogP contribution in [0.5, 0.6) is 17.5 Å². The number of carboxylic acid groups (broad SMARTS) is 1. The van der Waals surface area contributed by atoms with E-state index >= 15 is 0 Å². The minimum Gasteiger partial charge on any atom is -0.553 e. The number of fused-ring (bicyclic) bond motifs is 1. The summed E-state index contributed by atoms with van der Waals surface area (Å²) in [6.07, 6.45) is 6.60. The zero-order valence-electron chi connectivity index (χ0n) is 32.3. The van der Waals surface area contributed by atoms with Crippen molar-refractivity contribution in [2.24, 2.45) is 5.92 Å². The zero-order valence-corrected chi connectivity index (χ0v) is 35.0. The van der Waals surface area contributed by atoms with E-state index in [1.807, 2.05) is 55.6 Å². The van der Waals surface area contributed by atoms with Gasteiger partial charge in [0.1, 0.15) is 11.7 Å². The third kappa shape index (κ3) is 11.3. The number of carboxylic acids is 1. The van der Waals surface area contributed by atoms with Crippen LogP contribution in [0.2, 0.25) is 5.02 Å². The Morgan fingerprint density at radius 3 is 2.13 bits per heavy atom. The molecule has 1 fully saturated rings. The van der Waals surface area contributed by atoms with Crippen molar-refractivity contribution in [3.8, 4) is 45.7 Å². The van der Waals surface area contributed by atoms with Crippen LogP contribution in [0, 0.1) is 34.1 Å². The molecule has 13 heteroatoms. The minimum atomic E-state index is -0.796. The zero-order chi connectivity index (χ0) is 37.6. The predicted molar refractivity (Wildman–Crippen MR) is 212 cm³/mol. The van der Waals surface area contributed by atoms with Gasteiger partial charge in [-0.1, -0.05) is 53.6 Å². The molecule has 54 heavy (non-hydrogen) atoms. The molecule has 0 amide bonds. The van der Waals surface area contributed by atoms with E-state index in [0.717, 1.165) is 52.1 Å². The molecule has 0 unspecified atom stereocenters. The molecule has 0 radical (unpaired) electrons. The molecule has 6 rings (SSSR count). The number of benzene rings is 2. The molecule has 1 saturated heterocycles. The van der Waals surface area contributed by atoms with Gasteiger partial charge in [-0.25, -0.2) is 9.67 Å². The van der Waals surface area contributed by atoms with E-state index in [-0.39, 0.29) is 42.9 Å².